The van der Waals surface area contributed by atoms with Gasteiger partial charge in [-0.15, -0.1) is 11.8 Å². The quantitative estimate of drug-likeness (QED) is 0.646. The van der Waals surface area contributed by atoms with Crippen molar-refractivity contribution >= 4 is 46.7 Å². The first kappa shape index (κ1) is 21.1. The number of thioether (sulfide) groups is 2. The highest BCUT2D eigenvalue weighted by molar-refractivity contribution is 8.18. The lowest BCUT2D eigenvalue weighted by atomic mass is 10.2. The van der Waals surface area contributed by atoms with Crippen molar-refractivity contribution in [2.24, 2.45) is 0 Å². The zero-order valence-electron chi connectivity index (χ0n) is 15.3. The van der Waals surface area contributed by atoms with E-state index in [1.54, 1.807) is 42.7 Å². The molecule has 0 bridgehead atoms. The van der Waals surface area contributed by atoms with Gasteiger partial charge in [0.2, 0.25) is 5.91 Å². The normalized spacial score (nSPS) is 15.2. The van der Waals surface area contributed by atoms with Crippen LogP contribution in [0.4, 0.5) is 9.18 Å². The van der Waals surface area contributed by atoms with Crippen molar-refractivity contribution in [3.63, 3.8) is 0 Å². The van der Waals surface area contributed by atoms with E-state index in [0.29, 0.717) is 10.7 Å². The lowest BCUT2D eigenvalue weighted by Crippen LogP contribution is -2.37. The summed E-state index contributed by atoms with van der Waals surface area (Å²) >= 11 is 2.28. The molecule has 150 valence electrons. The van der Waals surface area contributed by atoms with Crippen LogP contribution in [0.5, 0.6) is 0 Å². The number of rotatable bonds is 8. The molecule has 0 atom stereocenters. The largest absolute Gasteiger partial charge is 0.354 e. The average molecular weight is 432 g/mol. The fourth-order valence-corrected chi connectivity index (χ4v) is 4.19. The second-order valence-corrected chi connectivity index (χ2v) is 8.07. The van der Waals surface area contributed by atoms with Crippen LogP contribution in [-0.4, -0.2) is 45.8 Å². The second-order valence-electron chi connectivity index (χ2n) is 6.09. The molecule has 1 fully saturated rings. The Kier molecular flexibility index (Phi) is 7.42. The fourth-order valence-electron chi connectivity index (χ4n) is 2.51. The summed E-state index contributed by atoms with van der Waals surface area (Å²) in [5.41, 5.74) is 1.67. The van der Waals surface area contributed by atoms with Gasteiger partial charge in [0, 0.05) is 31.2 Å². The van der Waals surface area contributed by atoms with E-state index in [4.69, 9.17) is 0 Å². The number of hydrogen-bond donors (Lipinski definition) is 1. The second kappa shape index (κ2) is 10.2. The third-order valence-corrected chi connectivity index (χ3v) is 5.84. The van der Waals surface area contributed by atoms with E-state index in [0.717, 1.165) is 27.8 Å². The van der Waals surface area contributed by atoms with Crippen LogP contribution < -0.4 is 5.32 Å². The molecule has 6 nitrogen and oxygen atoms in total. The number of hydrogen-bond acceptors (Lipinski definition) is 6. The molecule has 0 unspecified atom stereocenters. The number of benzene rings is 1. The molecule has 1 N–H and O–H groups in total. The van der Waals surface area contributed by atoms with Gasteiger partial charge in [0.05, 0.1) is 10.7 Å². The summed E-state index contributed by atoms with van der Waals surface area (Å²) in [5.74, 6) is -0.0197. The standard InChI is InChI=1S/C20H18FN3O3S2/c21-16-5-3-14(4-6-16)12-28-13-18(25)23-8-9-24-19(26)17(29-20(24)27)10-15-2-1-7-22-11-15/h1-7,10-11H,8-9,12-13H2,(H,23,25)/b17-10-. The predicted octanol–water partition coefficient (Wildman–Crippen LogP) is 3.31. The number of nitrogens with zero attached hydrogens (tertiary/aromatic N) is 2. The van der Waals surface area contributed by atoms with Crippen molar-refractivity contribution in [2.75, 3.05) is 18.8 Å². The minimum Gasteiger partial charge on any atom is -0.354 e. The third-order valence-electron chi connectivity index (χ3n) is 3.93. The summed E-state index contributed by atoms with van der Waals surface area (Å²) in [4.78, 5) is 41.8. The summed E-state index contributed by atoms with van der Waals surface area (Å²) < 4.78 is 12.9. The zero-order chi connectivity index (χ0) is 20.6. The maximum atomic E-state index is 12.9. The molecule has 1 aliphatic rings. The van der Waals surface area contributed by atoms with Crippen molar-refractivity contribution in [3.8, 4) is 0 Å². The molecule has 0 radical (unpaired) electrons. The van der Waals surface area contributed by atoms with E-state index < -0.39 is 0 Å². The molecule has 3 rings (SSSR count). The van der Waals surface area contributed by atoms with Gasteiger partial charge in [-0.25, -0.2) is 4.39 Å². The van der Waals surface area contributed by atoms with Crippen LogP contribution in [0.25, 0.3) is 6.08 Å². The van der Waals surface area contributed by atoms with Crippen molar-refractivity contribution in [1.82, 2.24) is 15.2 Å². The highest BCUT2D eigenvalue weighted by Gasteiger charge is 2.34. The average Bonchev–Trinajstić information content (AvgIpc) is 2.97. The molecule has 0 aliphatic carbocycles. The first-order valence-electron chi connectivity index (χ1n) is 8.77. The molecule has 1 aliphatic heterocycles. The van der Waals surface area contributed by atoms with E-state index in [1.807, 2.05) is 0 Å². The Morgan fingerprint density at radius 3 is 2.76 bits per heavy atom. The zero-order valence-corrected chi connectivity index (χ0v) is 17.0. The molecular weight excluding hydrogens is 413 g/mol. The Morgan fingerprint density at radius 1 is 1.24 bits per heavy atom. The maximum Gasteiger partial charge on any atom is 0.293 e. The maximum absolute atomic E-state index is 12.9. The molecule has 3 amide bonds. The molecule has 9 heteroatoms. The first-order chi connectivity index (χ1) is 14.0. The van der Waals surface area contributed by atoms with E-state index in [-0.39, 0.29) is 41.7 Å². The van der Waals surface area contributed by atoms with Gasteiger partial charge < -0.3 is 5.32 Å². The monoisotopic (exact) mass is 431 g/mol. The highest BCUT2D eigenvalue weighted by atomic mass is 32.2. The predicted molar refractivity (Wildman–Crippen MR) is 112 cm³/mol. The summed E-state index contributed by atoms with van der Waals surface area (Å²) in [6.45, 7) is 0.303. The van der Waals surface area contributed by atoms with Crippen molar-refractivity contribution < 1.29 is 18.8 Å². The third kappa shape index (κ3) is 6.16. The van der Waals surface area contributed by atoms with E-state index in [9.17, 15) is 18.8 Å². The van der Waals surface area contributed by atoms with Gasteiger partial charge in [0.1, 0.15) is 5.82 Å². The number of amides is 3. The first-order valence-corrected chi connectivity index (χ1v) is 10.7. The van der Waals surface area contributed by atoms with Crippen LogP contribution in [0.1, 0.15) is 11.1 Å². The molecule has 2 aromatic rings. The molecule has 1 saturated heterocycles. The molecule has 0 spiro atoms. The molecule has 2 heterocycles. The smallest absolute Gasteiger partial charge is 0.293 e. The molecule has 0 saturated carbocycles. The van der Waals surface area contributed by atoms with Gasteiger partial charge in [0.15, 0.2) is 0 Å². The van der Waals surface area contributed by atoms with Crippen molar-refractivity contribution in [3.05, 3.63) is 70.6 Å². The van der Waals surface area contributed by atoms with Gasteiger partial charge in [-0.2, -0.15) is 0 Å². The van der Waals surface area contributed by atoms with E-state index in [2.05, 4.69) is 10.3 Å². The number of pyridine rings is 1. The topological polar surface area (TPSA) is 79.4 Å². The van der Waals surface area contributed by atoms with Crippen LogP contribution in [-0.2, 0) is 15.3 Å². The number of carbonyl (C=O) groups is 3. The molecule has 1 aromatic carbocycles. The molecule has 1 aromatic heterocycles. The number of nitrogens with one attached hydrogen (secondary N) is 1. The van der Waals surface area contributed by atoms with E-state index in [1.165, 1.54) is 23.9 Å². The Bertz CT molecular complexity index is 920. The van der Waals surface area contributed by atoms with Gasteiger partial charge in [-0.1, -0.05) is 18.2 Å². The number of halogens is 1. The Balaban J connectivity index is 1.41. The van der Waals surface area contributed by atoms with Gasteiger partial charge in [0.25, 0.3) is 11.1 Å². The molecule has 29 heavy (non-hydrogen) atoms. The van der Waals surface area contributed by atoms with E-state index >= 15 is 0 Å². The number of aromatic nitrogens is 1. The lowest BCUT2D eigenvalue weighted by molar-refractivity contribution is -0.123. The Labute approximate surface area is 176 Å². The van der Waals surface area contributed by atoms with Crippen LogP contribution in [0.15, 0.2) is 53.7 Å². The van der Waals surface area contributed by atoms with Crippen molar-refractivity contribution in [2.45, 2.75) is 5.75 Å². The summed E-state index contributed by atoms with van der Waals surface area (Å²) in [5, 5.41) is 2.35. The minimum atomic E-state index is -0.371. The van der Waals surface area contributed by atoms with Crippen LogP contribution in [0.2, 0.25) is 0 Å². The SMILES string of the molecule is O=C(CSCc1ccc(F)cc1)NCCN1C(=O)S/C(=C\c2cccnc2)C1=O. The Morgan fingerprint density at radius 2 is 2.03 bits per heavy atom. The Hall–Kier alpha value is -2.65. The van der Waals surface area contributed by atoms with Crippen molar-refractivity contribution in [1.29, 1.82) is 0 Å². The van der Waals surface area contributed by atoms with Gasteiger partial charge in [-0.3, -0.25) is 24.3 Å². The van der Waals surface area contributed by atoms with Crippen LogP contribution in [0.3, 0.4) is 0 Å². The summed E-state index contributed by atoms with van der Waals surface area (Å²) in [7, 11) is 0. The summed E-state index contributed by atoms with van der Waals surface area (Å²) in [6.07, 6.45) is 4.87. The van der Waals surface area contributed by atoms with Crippen LogP contribution in [0, 0.1) is 5.82 Å². The summed E-state index contributed by atoms with van der Waals surface area (Å²) in [6, 6.07) is 9.67. The van der Waals surface area contributed by atoms with Gasteiger partial charge >= 0.3 is 0 Å². The van der Waals surface area contributed by atoms with Crippen LogP contribution >= 0.6 is 23.5 Å². The van der Waals surface area contributed by atoms with Gasteiger partial charge in [-0.05, 0) is 47.2 Å². The number of carbonyl (C=O) groups excluding carboxylic acids is 3. The number of imide groups is 1. The fraction of sp³-hybridized carbons (Fsp3) is 0.200. The lowest BCUT2D eigenvalue weighted by Gasteiger charge is -2.13. The highest BCUT2D eigenvalue weighted by Crippen LogP contribution is 2.31. The molecular formula is C20H18FN3O3S2. The minimum absolute atomic E-state index is 0.114.